The number of anilines is 1. The van der Waals surface area contributed by atoms with Crippen LogP contribution in [0.2, 0.25) is 0 Å². The van der Waals surface area contributed by atoms with Gasteiger partial charge in [0.25, 0.3) is 5.91 Å². The summed E-state index contributed by atoms with van der Waals surface area (Å²) >= 11 is 1.23. The van der Waals surface area contributed by atoms with Gasteiger partial charge in [0.1, 0.15) is 5.01 Å². The van der Waals surface area contributed by atoms with Crippen LogP contribution < -0.4 is 16.4 Å². The van der Waals surface area contributed by atoms with Crippen LogP contribution in [-0.2, 0) is 22.2 Å². The first-order valence-electron chi connectivity index (χ1n) is 9.20. The average molecular weight is 462 g/mol. The van der Waals surface area contributed by atoms with Crippen LogP contribution in [0.25, 0.3) is 10.6 Å². The maximum atomic E-state index is 12.7. The molecule has 0 atom stereocenters. The van der Waals surface area contributed by atoms with Crippen LogP contribution in [-0.4, -0.2) is 29.3 Å². The zero-order chi connectivity index (χ0) is 23.3. The van der Waals surface area contributed by atoms with Gasteiger partial charge < -0.3 is 16.4 Å². The molecular weight excluding hydrogens is 445 g/mol. The minimum absolute atomic E-state index is 0.0298. The number of thiazole rings is 1. The standard InChI is InChI=1S/C21H17F3N4O3S/c22-21(23,24)14-5-1-13(2-6-14)20-28-16(11-32-20)9-18(30)27-15-7-3-12(4-8-15)19(31)26-10-17(25)29/h1-8,11H,9-10H2,(H2,25,29)(H,26,31)(H,27,30). The summed E-state index contributed by atoms with van der Waals surface area (Å²) in [6.45, 7) is -0.278. The number of hydrogen-bond donors (Lipinski definition) is 3. The molecule has 0 fully saturated rings. The summed E-state index contributed by atoms with van der Waals surface area (Å²) in [5, 5.41) is 7.20. The minimum atomic E-state index is -4.41. The van der Waals surface area contributed by atoms with Crippen molar-refractivity contribution in [1.29, 1.82) is 0 Å². The van der Waals surface area contributed by atoms with E-state index in [-0.39, 0.29) is 18.9 Å². The number of nitrogens with one attached hydrogen (secondary N) is 2. The van der Waals surface area contributed by atoms with Crippen LogP contribution >= 0.6 is 11.3 Å². The Balaban J connectivity index is 1.57. The predicted octanol–water partition coefficient (Wildman–Crippen LogP) is 3.23. The van der Waals surface area contributed by atoms with Crippen LogP contribution in [0.15, 0.2) is 53.9 Å². The number of carbonyl (C=O) groups excluding carboxylic acids is 3. The second-order valence-corrected chi connectivity index (χ2v) is 7.53. The van der Waals surface area contributed by atoms with E-state index in [4.69, 9.17) is 5.73 Å². The third-order valence-corrected chi connectivity index (χ3v) is 5.15. The fourth-order valence-electron chi connectivity index (χ4n) is 2.67. The molecule has 0 aliphatic carbocycles. The fraction of sp³-hybridized carbons (Fsp3) is 0.143. The SMILES string of the molecule is NC(=O)CNC(=O)c1ccc(NC(=O)Cc2csc(-c3ccc(C(F)(F)F)cc3)n2)cc1. The Labute approximate surface area is 184 Å². The van der Waals surface area contributed by atoms with E-state index >= 15 is 0 Å². The molecule has 0 aliphatic heterocycles. The molecule has 166 valence electrons. The molecule has 3 rings (SSSR count). The van der Waals surface area contributed by atoms with Crippen LogP contribution in [0.5, 0.6) is 0 Å². The number of nitrogens with zero attached hydrogens (tertiary/aromatic N) is 1. The van der Waals surface area contributed by atoms with E-state index in [2.05, 4.69) is 15.6 Å². The van der Waals surface area contributed by atoms with E-state index in [0.717, 1.165) is 12.1 Å². The summed E-state index contributed by atoms with van der Waals surface area (Å²) in [4.78, 5) is 39.1. The number of alkyl halides is 3. The molecule has 0 saturated heterocycles. The second kappa shape index (κ2) is 9.60. The number of amides is 3. The lowest BCUT2D eigenvalue weighted by molar-refractivity contribution is -0.137. The molecule has 2 aromatic carbocycles. The Bertz CT molecular complexity index is 1130. The largest absolute Gasteiger partial charge is 0.416 e. The number of aromatic nitrogens is 1. The number of benzene rings is 2. The number of primary amides is 1. The van der Waals surface area contributed by atoms with E-state index in [1.54, 1.807) is 5.38 Å². The van der Waals surface area contributed by atoms with E-state index in [9.17, 15) is 27.6 Å². The lowest BCUT2D eigenvalue weighted by Gasteiger charge is -2.07. The summed E-state index contributed by atoms with van der Waals surface area (Å²) in [6, 6.07) is 10.7. The van der Waals surface area contributed by atoms with Gasteiger partial charge in [-0.2, -0.15) is 13.2 Å². The molecule has 0 unspecified atom stereocenters. The third kappa shape index (κ3) is 6.14. The van der Waals surface area contributed by atoms with E-state index in [1.807, 2.05) is 0 Å². The molecule has 3 aromatic rings. The van der Waals surface area contributed by atoms with Gasteiger partial charge in [-0.3, -0.25) is 14.4 Å². The van der Waals surface area contributed by atoms with Gasteiger partial charge in [-0.1, -0.05) is 12.1 Å². The van der Waals surface area contributed by atoms with Crippen LogP contribution in [0, 0.1) is 0 Å². The van der Waals surface area contributed by atoms with Crippen LogP contribution in [0.3, 0.4) is 0 Å². The van der Waals surface area contributed by atoms with Crippen molar-refractivity contribution < 1.29 is 27.6 Å². The Morgan fingerprint density at radius 3 is 2.25 bits per heavy atom. The van der Waals surface area contributed by atoms with Crippen molar-refractivity contribution in [3.8, 4) is 10.6 Å². The van der Waals surface area contributed by atoms with Gasteiger partial charge in [0, 0.05) is 22.2 Å². The molecule has 0 spiro atoms. The smallest absolute Gasteiger partial charge is 0.368 e. The first-order valence-corrected chi connectivity index (χ1v) is 10.1. The van der Waals surface area contributed by atoms with Gasteiger partial charge in [0.15, 0.2) is 0 Å². The van der Waals surface area contributed by atoms with Gasteiger partial charge in [0.2, 0.25) is 11.8 Å². The van der Waals surface area contributed by atoms with Gasteiger partial charge in [-0.25, -0.2) is 4.98 Å². The molecule has 1 heterocycles. The zero-order valence-electron chi connectivity index (χ0n) is 16.4. The molecule has 0 aliphatic rings. The molecule has 3 amide bonds. The molecule has 0 saturated carbocycles. The number of carbonyl (C=O) groups is 3. The normalized spacial score (nSPS) is 11.1. The Kier molecular flexibility index (Phi) is 6.89. The van der Waals surface area contributed by atoms with Gasteiger partial charge >= 0.3 is 6.18 Å². The molecule has 32 heavy (non-hydrogen) atoms. The monoisotopic (exact) mass is 462 g/mol. The minimum Gasteiger partial charge on any atom is -0.368 e. The highest BCUT2D eigenvalue weighted by Crippen LogP contribution is 2.31. The zero-order valence-corrected chi connectivity index (χ0v) is 17.2. The molecule has 11 heteroatoms. The lowest BCUT2D eigenvalue weighted by Crippen LogP contribution is -2.33. The highest BCUT2D eigenvalue weighted by atomic mass is 32.1. The molecule has 7 nitrogen and oxygen atoms in total. The first kappa shape index (κ1) is 22.9. The number of nitrogens with two attached hydrogens (primary N) is 1. The Morgan fingerprint density at radius 2 is 1.66 bits per heavy atom. The van der Waals surface area contributed by atoms with Crippen molar-refractivity contribution >= 4 is 34.7 Å². The molecular formula is C21H17F3N4O3S. The molecule has 0 radical (unpaired) electrons. The summed E-state index contributed by atoms with van der Waals surface area (Å²) in [7, 11) is 0. The summed E-state index contributed by atoms with van der Waals surface area (Å²) in [5.41, 5.74) is 5.99. The third-order valence-electron chi connectivity index (χ3n) is 4.21. The fourth-order valence-corrected chi connectivity index (χ4v) is 3.49. The van der Waals surface area contributed by atoms with Crippen molar-refractivity contribution in [2.45, 2.75) is 12.6 Å². The van der Waals surface area contributed by atoms with Crippen molar-refractivity contribution in [2.75, 3.05) is 11.9 Å². The lowest BCUT2D eigenvalue weighted by atomic mass is 10.1. The number of halogens is 3. The Morgan fingerprint density at radius 1 is 1.00 bits per heavy atom. The maximum Gasteiger partial charge on any atom is 0.416 e. The second-order valence-electron chi connectivity index (χ2n) is 6.67. The molecule has 1 aromatic heterocycles. The Hall–Kier alpha value is -3.73. The van der Waals surface area contributed by atoms with E-state index < -0.39 is 23.6 Å². The highest BCUT2D eigenvalue weighted by Gasteiger charge is 2.30. The molecule has 0 bridgehead atoms. The molecule has 4 N–H and O–H groups in total. The highest BCUT2D eigenvalue weighted by molar-refractivity contribution is 7.13. The van der Waals surface area contributed by atoms with E-state index in [1.165, 1.54) is 47.7 Å². The summed E-state index contributed by atoms with van der Waals surface area (Å²) in [6.07, 6.45) is -4.44. The van der Waals surface area contributed by atoms with Crippen molar-refractivity contribution in [1.82, 2.24) is 10.3 Å². The van der Waals surface area contributed by atoms with Gasteiger partial charge in [-0.15, -0.1) is 11.3 Å². The van der Waals surface area contributed by atoms with E-state index in [0.29, 0.717) is 27.5 Å². The van der Waals surface area contributed by atoms with Crippen LogP contribution in [0.1, 0.15) is 21.6 Å². The summed E-state index contributed by atoms with van der Waals surface area (Å²) in [5.74, 6) is -1.48. The number of hydrogen-bond acceptors (Lipinski definition) is 5. The topological polar surface area (TPSA) is 114 Å². The van der Waals surface area contributed by atoms with Gasteiger partial charge in [0.05, 0.1) is 24.2 Å². The van der Waals surface area contributed by atoms with Gasteiger partial charge in [-0.05, 0) is 36.4 Å². The first-order chi connectivity index (χ1) is 15.1. The quantitative estimate of drug-likeness (QED) is 0.500. The van der Waals surface area contributed by atoms with Crippen LogP contribution in [0.4, 0.5) is 18.9 Å². The van der Waals surface area contributed by atoms with Crippen molar-refractivity contribution in [3.63, 3.8) is 0 Å². The van der Waals surface area contributed by atoms with Crippen molar-refractivity contribution in [2.24, 2.45) is 5.73 Å². The average Bonchev–Trinajstić information content (AvgIpc) is 3.20. The summed E-state index contributed by atoms with van der Waals surface area (Å²) < 4.78 is 38.0. The number of rotatable bonds is 7. The van der Waals surface area contributed by atoms with Crippen molar-refractivity contribution in [3.05, 3.63) is 70.7 Å². The maximum absolute atomic E-state index is 12.7. The predicted molar refractivity (Wildman–Crippen MR) is 113 cm³/mol.